The molecule has 0 unspecified atom stereocenters. The normalized spacial score (nSPS) is 22.6. The van der Waals surface area contributed by atoms with Crippen LogP contribution in [0.3, 0.4) is 0 Å². The van der Waals surface area contributed by atoms with Gasteiger partial charge in [-0.1, -0.05) is 0 Å². The maximum Gasteiger partial charge on any atom is 0.254 e. The Labute approximate surface area is 166 Å². The fraction of sp³-hybridized carbons (Fsp3) is 0.682. The van der Waals surface area contributed by atoms with Gasteiger partial charge in [-0.3, -0.25) is 9.59 Å². The van der Waals surface area contributed by atoms with E-state index < -0.39 is 5.95 Å². The standard InChI is InChI=1S/C22H30FN3O2/c23-19-16-18(5-10-24-19)21(28)26-13-8-22(9-14-26)6-3-17(4-7-22)15-20(27)25-11-1-2-12-25/h5,10,16-17H,1-4,6-9,11-15H2. The Morgan fingerprint density at radius 2 is 1.71 bits per heavy atom. The quantitative estimate of drug-likeness (QED) is 0.744. The second-order valence-electron chi connectivity index (χ2n) is 8.89. The van der Waals surface area contributed by atoms with Crippen molar-refractivity contribution in [2.24, 2.45) is 11.3 Å². The molecule has 2 amide bonds. The number of carbonyl (C=O) groups is 2. The lowest BCUT2D eigenvalue weighted by atomic mass is 9.65. The van der Waals surface area contributed by atoms with E-state index in [0.717, 1.165) is 77.5 Å². The predicted molar refractivity (Wildman–Crippen MR) is 104 cm³/mol. The average molecular weight is 387 g/mol. The highest BCUT2D eigenvalue weighted by atomic mass is 19.1. The van der Waals surface area contributed by atoms with E-state index in [1.165, 1.54) is 12.3 Å². The van der Waals surface area contributed by atoms with Gasteiger partial charge in [0, 0.05) is 50.4 Å². The van der Waals surface area contributed by atoms with Crippen molar-refractivity contribution in [3.05, 3.63) is 29.8 Å². The van der Waals surface area contributed by atoms with Gasteiger partial charge in [-0.25, -0.2) is 4.98 Å². The molecule has 0 radical (unpaired) electrons. The molecule has 152 valence electrons. The predicted octanol–water partition coefficient (Wildman–Crippen LogP) is 3.65. The smallest absolute Gasteiger partial charge is 0.254 e. The minimum Gasteiger partial charge on any atom is -0.343 e. The molecule has 5 nitrogen and oxygen atoms in total. The zero-order valence-electron chi connectivity index (χ0n) is 16.5. The van der Waals surface area contributed by atoms with Crippen molar-refractivity contribution in [2.75, 3.05) is 26.2 Å². The molecule has 2 aliphatic heterocycles. The van der Waals surface area contributed by atoms with E-state index in [0.29, 0.717) is 29.2 Å². The van der Waals surface area contributed by atoms with Gasteiger partial charge in [0.25, 0.3) is 5.91 Å². The van der Waals surface area contributed by atoms with Gasteiger partial charge in [0.1, 0.15) is 0 Å². The van der Waals surface area contributed by atoms with E-state index in [9.17, 15) is 14.0 Å². The molecular formula is C22H30FN3O2. The van der Waals surface area contributed by atoms with E-state index in [-0.39, 0.29) is 5.91 Å². The summed E-state index contributed by atoms with van der Waals surface area (Å²) in [6.45, 7) is 3.36. The van der Waals surface area contributed by atoms with Gasteiger partial charge in [-0.15, -0.1) is 0 Å². The third kappa shape index (κ3) is 4.20. The van der Waals surface area contributed by atoms with Crippen LogP contribution in [0.25, 0.3) is 0 Å². The lowest BCUT2D eigenvalue weighted by Crippen LogP contribution is -2.44. The summed E-state index contributed by atoms with van der Waals surface area (Å²) in [5.74, 6) is 0.170. The van der Waals surface area contributed by atoms with Crippen LogP contribution in [0.15, 0.2) is 18.3 Å². The number of hydrogen-bond acceptors (Lipinski definition) is 3. The summed E-state index contributed by atoms with van der Waals surface area (Å²) in [6, 6.07) is 2.80. The molecular weight excluding hydrogens is 357 g/mol. The molecule has 0 atom stereocenters. The first kappa shape index (κ1) is 19.3. The Balaban J connectivity index is 1.26. The van der Waals surface area contributed by atoms with Crippen LogP contribution in [0.1, 0.15) is 68.1 Å². The number of hydrogen-bond donors (Lipinski definition) is 0. The van der Waals surface area contributed by atoms with E-state index in [1.807, 2.05) is 9.80 Å². The number of halogens is 1. The summed E-state index contributed by atoms with van der Waals surface area (Å²) in [4.78, 5) is 32.4. The van der Waals surface area contributed by atoms with Gasteiger partial charge in [0.05, 0.1) is 0 Å². The van der Waals surface area contributed by atoms with Gasteiger partial charge in [-0.2, -0.15) is 4.39 Å². The number of rotatable bonds is 3. The molecule has 3 fully saturated rings. The lowest BCUT2D eigenvalue weighted by Gasteiger charge is -2.46. The maximum atomic E-state index is 13.3. The minimum atomic E-state index is -0.610. The Morgan fingerprint density at radius 3 is 2.36 bits per heavy atom. The summed E-state index contributed by atoms with van der Waals surface area (Å²) < 4.78 is 13.3. The molecule has 1 spiro atoms. The number of amides is 2. The van der Waals surface area contributed by atoms with Crippen LogP contribution < -0.4 is 0 Å². The van der Waals surface area contributed by atoms with Crippen LogP contribution in [0, 0.1) is 17.3 Å². The molecule has 4 rings (SSSR count). The Kier molecular flexibility index (Phi) is 5.65. The highest BCUT2D eigenvalue weighted by Crippen LogP contribution is 2.47. The zero-order chi connectivity index (χ0) is 19.6. The van der Waals surface area contributed by atoms with Crippen molar-refractivity contribution in [2.45, 2.75) is 57.8 Å². The molecule has 0 aromatic carbocycles. The van der Waals surface area contributed by atoms with E-state index >= 15 is 0 Å². The summed E-state index contributed by atoms with van der Waals surface area (Å²) in [7, 11) is 0. The second kappa shape index (κ2) is 8.18. The molecule has 1 aromatic rings. The lowest BCUT2D eigenvalue weighted by molar-refractivity contribution is -0.131. The van der Waals surface area contributed by atoms with Crippen LogP contribution in [-0.2, 0) is 4.79 Å². The topological polar surface area (TPSA) is 53.5 Å². The summed E-state index contributed by atoms with van der Waals surface area (Å²) >= 11 is 0. The molecule has 3 aliphatic rings. The molecule has 1 aliphatic carbocycles. The number of nitrogens with zero attached hydrogens (tertiary/aromatic N) is 3. The fourth-order valence-corrected chi connectivity index (χ4v) is 5.24. The van der Waals surface area contributed by atoms with Crippen LogP contribution in [-0.4, -0.2) is 52.8 Å². The molecule has 28 heavy (non-hydrogen) atoms. The monoisotopic (exact) mass is 387 g/mol. The van der Waals surface area contributed by atoms with Crippen LogP contribution in [0.4, 0.5) is 4.39 Å². The minimum absolute atomic E-state index is 0.0963. The molecule has 1 aromatic heterocycles. The first-order chi connectivity index (χ1) is 13.5. The zero-order valence-corrected chi connectivity index (χ0v) is 16.5. The van der Waals surface area contributed by atoms with Crippen LogP contribution >= 0.6 is 0 Å². The van der Waals surface area contributed by atoms with E-state index in [1.54, 1.807) is 6.07 Å². The van der Waals surface area contributed by atoms with Crippen molar-refractivity contribution < 1.29 is 14.0 Å². The number of carbonyl (C=O) groups excluding carboxylic acids is 2. The van der Waals surface area contributed by atoms with Crippen molar-refractivity contribution in [3.8, 4) is 0 Å². The highest BCUT2D eigenvalue weighted by molar-refractivity contribution is 5.94. The van der Waals surface area contributed by atoms with Gasteiger partial charge in [0.15, 0.2) is 0 Å². The third-order valence-electron chi connectivity index (χ3n) is 7.17. The Bertz CT molecular complexity index is 714. The summed E-state index contributed by atoms with van der Waals surface area (Å²) in [6.07, 6.45) is 11.0. The number of pyridine rings is 1. The first-order valence-corrected chi connectivity index (χ1v) is 10.7. The van der Waals surface area contributed by atoms with Crippen molar-refractivity contribution in [1.29, 1.82) is 0 Å². The average Bonchev–Trinajstić information content (AvgIpc) is 3.25. The van der Waals surface area contributed by atoms with Gasteiger partial charge >= 0.3 is 0 Å². The van der Waals surface area contributed by atoms with Gasteiger partial charge < -0.3 is 9.80 Å². The van der Waals surface area contributed by atoms with Gasteiger partial charge in [0.2, 0.25) is 11.9 Å². The summed E-state index contributed by atoms with van der Waals surface area (Å²) in [5.41, 5.74) is 0.709. The molecule has 2 saturated heterocycles. The third-order valence-corrected chi connectivity index (χ3v) is 7.17. The summed E-state index contributed by atoms with van der Waals surface area (Å²) in [5, 5.41) is 0. The fourth-order valence-electron chi connectivity index (χ4n) is 5.24. The van der Waals surface area contributed by atoms with Gasteiger partial charge in [-0.05, 0) is 68.8 Å². The number of aromatic nitrogens is 1. The Morgan fingerprint density at radius 1 is 1.04 bits per heavy atom. The second-order valence-corrected chi connectivity index (χ2v) is 8.89. The van der Waals surface area contributed by atoms with Crippen molar-refractivity contribution in [1.82, 2.24) is 14.8 Å². The molecule has 6 heteroatoms. The van der Waals surface area contributed by atoms with E-state index in [2.05, 4.69) is 4.98 Å². The SMILES string of the molecule is O=C(CC1CCC2(CC1)CCN(C(=O)c1ccnc(F)c1)CC2)N1CCCC1. The molecule has 3 heterocycles. The highest BCUT2D eigenvalue weighted by Gasteiger charge is 2.39. The number of piperidine rings is 1. The Hall–Kier alpha value is -1.98. The first-order valence-electron chi connectivity index (χ1n) is 10.7. The number of likely N-dealkylation sites (tertiary alicyclic amines) is 2. The van der Waals surface area contributed by atoms with Crippen molar-refractivity contribution in [3.63, 3.8) is 0 Å². The van der Waals surface area contributed by atoms with Crippen molar-refractivity contribution >= 4 is 11.8 Å². The maximum absolute atomic E-state index is 13.3. The molecule has 0 N–H and O–H groups in total. The molecule has 0 bridgehead atoms. The van der Waals surface area contributed by atoms with Crippen LogP contribution in [0.2, 0.25) is 0 Å². The van der Waals surface area contributed by atoms with E-state index in [4.69, 9.17) is 0 Å². The van der Waals surface area contributed by atoms with Crippen LogP contribution in [0.5, 0.6) is 0 Å². The largest absolute Gasteiger partial charge is 0.343 e. The molecule has 1 saturated carbocycles.